The molecular weight excluding hydrogens is 428 g/mol. The summed E-state index contributed by atoms with van der Waals surface area (Å²) in [5.74, 6) is 1.68. The maximum atomic E-state index is 12.7. The molecule has 0 atom stereocenters. The minimum Gasteiger partial charge on any atom is -0.497 e. The Labute approximate surface area is 188 Å². The molecule has 0 aliphatic heterocycles. The Kier molecular flexibility index (Phi) is 5.13. The Bertz CT molecular complexity index is 1400. The first kappa shape index (κ1) is 19.9. The first-order valence-corrected chi connectivity index (χ1v) is 10.2. The van der Waals surface area contributed by atoms with E-state index >= 15 is 0 Å². The third-order valence-corrected chi connectivity index (χ3v) is 5.19. The van der Waals surface area contributed by atoms with Crippen molar-refractivity contribution >= 4 is 34.3 Å². The van der Waals surface area contributed by atoms with Crippen LogP contribution in [-0.2, 0) is 0 Å². The summed E-state index contributed by atoms with van der Waals surface area (Å²) in [5, 5.41) is 3.47. The van der Waals surface area contributed by atoms with Crippen LogP contribution in [0, 0.1) is 0 Å². The molecule has 1 N–H and O–H groups in total. The van der Waals surface area contributed by atoms with E-state index in [9.17, 15) is 4.79 Å². The van der Waals surface area contributed by atoms with Crippen molar-refractivity contribution in [3.8, 4) is 28.5 Å². The van der Waals surface area contributed by atoms with Crippen molar-refractivity contribution in [2.24, 2.45) is 0 Å². The highest BCUT2D eigenvalue weighted by Gasteiger charge is 2.14. The number of hydrogen-bond donors (Lipinski definition) is 1. The second kappa shape index (κ2) is 8.24. The quantitative estimate of drug-likeness (QED) is 0.327. The molecule has 2 heterocycles. The van der Waals surface area contributed by atoms with Crippen LogP contribution in [-0.4, -0.2) is 18.0 Å². The van der Waals surface area contributed by atoms with Crippen molar-refractivity contribution in [3.63, 3.8) is 0 Å². The van der Waals surface area contributed by atoms with Gasteiger partial charge in [-0.15, -0.1) is 0 Å². The Morgan fingerprint density at radius 1 is 0.906 bits per heavy atom. The van der Waals surface area contributed by atoms with Gasteiger partial charge in [0, 0.05) is 21.8 Å². The van der Waals surface area contributed by atoms with E-state index in [-0.39, 0.29) is 11.7 Å². The van der Waals surface area contributed by atoms with Crippen molar-refractivity contribution in [1.29, 1.82) is 0 Å². The SMILES string of the molecule is COc1ccc(-c2nc3cc(NC(=O)c4ccc(-c5ccc(Cl)cc5)o4)ccc3o2)cc1. The summed E-state index contributed by atoms with van der Waals surface area (Å²) in [4.78, 5) is 17.2. The smallest absolute Gasteiger partial charge is 0.291 e. The second-order valence-electron chi connectivity index (χ2n) is 7.05. The molecule has 6 nitrogen and oxygen atoms in total. The number of carbonyl (C=O) groups excluding carboxylic acids is 1. The number of rotatable bonds is 5. The fourth-order valence-electron chi connectivity index (χ4n) is 3.28. The molecular formula is C25H17ClN2O4. The van der Waals surface area contributed by atoms with E-state index in [4.69, 9.17) is 25.2 Å². The summed E-state index contributed by atoms with van der Waals surface area (Å²) < 4.78 is 16.7. The van der Waals surface area contributed by atoms with Crippen LogP contribution in [0.1, 0.15) is 10.6 Å². The number of amides is 1. The van der Waals surface area contributed by atoms with Crippen molar-refractivity contribution < 1.29 is 18.4 Å². The van der Waals surface area contributed by atoms with Crippen molar-refractivity contribution in [3.05, 3.63) is 89.6 Å². The number of oxazole rings is 1. The lowest BCUT2D eigenvalue weighted by molar-refractivity contribution is 0.0997. The molecule has 5 rings (SSSR count). The number of benzene rings is 3. The zero-order valence-electron chi connectivity index (χ0n) is 17.0. The molecule has 5 aromatic rings. The lowest BCUT2D eigenvalue weighted by atomic mass is 10.2. The molecule has 0 bridgehead atoms. The summed E-state index contributed by atoms with van der Waals surface area (Å²) >= 11 is 5.92. The predicted octanol–water partition coefficient (Wildman–Crippen LogP) is 6.67. The van der Waals surface area contributed by atoms with Gasteiger partial charge in [0.25, 0.3) is 5.91 Å². The molecule has 2 aromatic heterocycles. The van der Waals surface area contributed by atoms with Gasteiger partial charge in [-0.3, -0.25) is 4.79 Å². The molecule has 0 unspecified atom stereocenters. The standard InChI is InChI=1S/C25H17ClN2O4/c1-30-19-9-4-16(5-10-19)25-28-20-14-18(8-11-22(20)32-25)27-24(29)23-13-12-21(31-23)15-2-6-17(26)7-3-15/h2-14H,1H3,(H,27,29). The summed E-state index contributed by atoms with van der Waals surface area (Å²) in [6, 6.07) is 23.3. The fourth-order valence-corrected chi connectivity index (χ4v) is 3.41. The van der Waals surface area contributed by atoms with Gasteiger partial charge in [-0.2, -0.15) is 0 Å². The number of methoxy groups -OCH3 is 1. The van der Waals surface area contributed by atoms with E-state index in [1.54, 1.807) is 49.6 Å². The Hall–Kier alpha value is -4.03. The molecule has 0 fully saturated rings. The van der Waals surface area contributed by atoms with Crippen molar-refractivity contribution in [2.45, 2.75) is 0 Å². The van der Waals surface area contributed by atoms with Gasteiger partial charge in [0.05, 0.1) is 7.11 Å². The molecule has 1 amide bonds. The van der Waals surface area contributed by atoms with E-state index in [2.05, 4.69) is 10.3 Å². The molecule has 0 radical (unpaired) electrons. The molecule has 0 aliphatic carbocycles. The Morgan fingerprint density at radius 3 is 2.41 bits per heavy atom. The zero-order valence-corrected chi connectivity index (χ0v) is 17.7. The van der Waals surface area contributed by atoms with Crippen molar-refractivity contribution in [1.82, 2.24) is 4.98 Å². The van der Waals surface area contributed by atoms with E-state index in [1.807, 2.05) is 36.4 Å². The van der Waals surface area contributed by atoms with Gasteiger partial charge in [0.2, 0.25) is 5.89 Å². The molecule has 0 saturated carbocycles. The number of ether oxygens (including phenoxy) is 1. The van der Waals surface area contributed by atoms with Crippen LogP contribution in [0.15, 0.2) is 87.7 Å². The van der Waals surface area contributed by atoms with E-state index in [1.165, 1.54) is 0 Å². The average Bonchev–Trinajstić information content (AvgIpc) is 3.47. The maximum absolute atomic E-state index is 12.7. The van der Waals surface area contributed by atoms with Crippen LogP contribution in [0.25, 0.3) is 33.9 Å². The van der Waals surface area contributed by atoms with Gasteiger partial charge < -0.3 is 18.9 Å². The number of nitrogens with one attached hydrogen (secondary N) is 1. The number of nitrogens with zero attached hydrogens (tertiary/aromatic N) is 1. The van der Waals surface area contributed by atoms with E-state index < -0.39 is 0 Å². The average molecular weight is 445 g/mol. The van der Waals surface area contributed by atoms with E-state index in [0.29, 0.717) is 33.5 Å². The minimum atomic E-state index is -0.358. The monoisotopic (exact) mass is 444 g/mol. The number of aromatic nitrogens is 1. The molecule has 7 heteroatoms. The summed E-state index contributed by atoms with van der Waals surface area (Å²) in [6.07, 6.45) is 0. The van der Waals surface area contributed by atoms with Crippen molar-refractivity contribution in [2.75, 3.05) is 12.4 Å². The largest absolute Gasteiger partial charge is 0.497 e. The Balaban J connectivity index is 1.34. The van der Waals surface area contributed by atoms with Gasteiger partial charge in [0.15, 0.2) is 11.3 Å². The topological polar surface area (TPSA) is 77.5 Å². The van der Waals surface area contributed by atoms with Gasteiger partial charge in [0.1, 0.15) is 17.0 Å². The number of carbonyl (C=O) groups is 1. The molecule has 0 aliphatic rings. The first-order chi connectivity index (χ1) is 15.6. The minimum absolute atomic E-state index is 0.203. The summed E-state index contributed by atoms with van der Waals surface area (Å²) in [5.41, 5.74) is 3.51. The third-order valence-electron chi connectivity index (χ3n) is 4.94. The highest BCUT2D eigenvalue weighted by atomic mass is 35.5. The van der Waals surface area contributed by atoms with Crippen LogP contribution in [0.5, 0.6) is 5.75 Å². The number of halogens is 1. The molecule has 3 aromatic carbocycles. The molecule has 32 heavy (non-hydrogen) atoms. The van der Waals surface area contributed by atoms with Gasteiger partial charge in [-0.1, -0.05) is 11.6 Å². The Morgan fingerprint density at radius 2 is 1.66 bits per heavy atom. The van der Waals surface area contributed by atoms with Crippen LogP contribution in [0.2, 0.25) is 5.02 Å². The second-order valence-corrected chi connectivity index (χ2v) is 7.49. The third kappa shape index (κ3) is 3.96. The predicted molar refractivity (Wildman–Crippen MR) is 123 cm³/mol. The van der Waals surface area contributed by atoms with Gasteiger partial charge >= 0.3 is 0 Å². The van der Waals surface area contributed by atoms with Crippen LogP contribution < -0.4 is 10.1 Å². The van der Waals surface area contributed by atoms with Crippen LogP contribution in [0.3, 0.4) is 0 Å². The lowest BCUT2D eigenvalue weighted by Crippen LogP contribution is -2.10. The van der Waals surface area contributed by atoms with Gasteiger partial charge in [-0.25, -0.2) is 4.98 Å². The highest BCUT2D eigenvalue weighted by Crippen LogP contribution is 2.28. The highest BCUT2D eigenvalue weighted by molar-refractivity contribution is 6.30. The van der Waals surface area contributed by atoms with Crippen LogP contribution in [0.4, 0.5) is 5.69 Å². The summed E-state index contributed by atoms with van der Waals surface area (Å²) in [7, 11) is 1.62. The number of hydrogen-bond acceptors (Lipinski definition) is 5. The molecule has 0 saturated heterocycles. The van der Waals surface area contributed by atoms with Crippen LogP contribution >= 0.6 is 11.6 Å². The first-order valence-electron chi connectivity index (χ1n) is 9.81. The fraction of sp³-hybridized carbons (Fsp3) is 0.0400. The maximum Gasteiger partial charge on any atom is 0.291 e. The zero-order chi connectivity index (χ0) is 22.1. The molecule has 0 spiro atoms. The van der Waals surface area contributed by atoms with Gasteiger partial charge in [-0.05, 0) is 78.9 Å². The normalized spacial score (nSPS) is 10.9. The van der Waals surface area contributed by atoms with E-state index in [0.717, 1.165) is 16.9 Å². The summed E-state index contributed by atoms with van der Waals surface area (Å²) in [6.45, 7) is 0. The number of fused-ring (bicyclic) bond motifs is 1. The molecule has 158 valence electrons. The number of furan rings is 1. The lowest BCUT2D eigenvalue weighted by Gasteiger charge is -2.02. The number of anilines is 1.